The van der Waals surface area contributed by atoms with Crippen molar-refractivity contribution in [3.8, 4) is 0 Å². The number of hydrogen-bond donors (Lipinski definition) is 3. The summed E-state index contributed by atoms with van der Waals surface area (Å²) in [5, 5.41) is 14.9. The minimum absolute atomic E-state index is 0.0908. The lowest BCUT2D eigenvalue weighted by molar-refractivity contribution is -0.142. The fraction of sp³-hybridized carbons (Fsp3) is 0.750. The first-order chi connectivity index (χ1) is 6.47. The summed E-state index contributed by atoms with van der Waals surface area (Å²) in [6, 6.07) is 0. The van der Waals surface area contributed by atoms with E-state index in [1.165, 1.54) is 0 Å². The van der Waals surface area contributed by atoms with Crippen molar-refractivity contribution in [3.63, 3.8) is 0 Å². The van der Waals surface area contributed by atoms with Crippen molar-refractivity contribution in [3.05, 3.63) is 0 Å². The van der Waals surface area contributed by atoms with Gasteiger partial charge in [-0.3, -0.25) is 4.79 Å². The molecule has 0 aliphatic carbocycles. The molecule has 0 heterocycles. The third-order valence-electron chi connectivity index (χ3n) is 1.74. The summed E-state index contributed by atoms with van der Waals surface area (Å²) in [5.41, 5.74) is 11.8. The number of amidine groups is 1. The number of carboxylic acids is 1. The number of nitrogens with one attached hydrogen (secondary N) is 1. The van der Waals surface area contributed by atoms with Gasteiger partial charge in [-0.25, -0.2) is 0 Å². The maximum Gasteiger partial charge on any atom is 0.306 e. The van der Waals surface area contributed by atoms with Crippen LogP contribution in [0.25, 0.3) is 0 Å². The monoisotopic (exact) mass is 200 g/mol. The van der Waals surface area contributed by atoms with Crippen LogP contribution in [-0.4, -0.2) is 16.9 Å². The topological polar surface area (TPSA) is 112 Å². The standard InChI is InChI=1S/C8H16N4O2/c1-5(2)3-6(8(13)14)4-7(9)11-12-10/h5-6H,3-4H2,1-2H3,(H,13,14)(H3,9,10,11). The third-order valence-corrected chi connectivity index (χ3v) is 1.74. The summed E-state index contributed by atoms with van der Waals surface area (Å²) in [5.74, 6) is -1.05. The Morgan fingerprint density at radius 2 is 2.14 bits per heavy atom. The van der Waals surface area contributed by atoms with Gasteiger partial charge < -0.3 is 10.8 Å². The van der Waals surface area contributed by atoms with Crippen molar-refractivity contribution in [1.29, 1.82) is 5.53 Å². The molecule has 6 nitrogen and oxygen atoms in total. The molecule has 1 unspecified atom stereocenters. The van der Waals surface area contributed by atoms with E-state index >= 15 is 0 Å². The zero-order chi connectivity index (χ0) is 11.1. The molecule has 0 aliphatic rings. The van der Waals surface area contributed by atoms with Crippen LogP contribution in [0.15, 0.2) is 10.3 Å². The van der Waals surface area contributed by atoms with E-state index in [1.54, 1.807) is 0 Å². The van der Waals surface area contributed by atoms with Crippen molar-refractivity contribution in [1.82, 2.24) is 0 Å². The van der Waals surface area contributed by atoms with Crippen molar-refractivity contribution in [2.24, 2.45) is 27.9 Å². The number of hydrogen-bond acceptors (Lipinski definition) is 3. The number of carboxylic acid groups (broad SMARTS) is 1. The summed E-state index contributed by atoms with van der Waals surface area (Å²) >= 11 is 0. The van der Waals surface area contributed by atoms with Crippen LogP contribution in [0.4, 0.5) is 0 Å². The van der Waals surface area contributed by atoms with Crippen LogP contribution in [-0.2, 0) is 4.79 Å². The molecule has 0 fully saturated rings. The molecule has 0 amide bonds. The van der Waals surface area contributed by atoms with Crippen LogP contribution >= 0.6 is 0 Å². The molecule has 0 radical (unpaired) electrons. The molecule has 0 aliphatic heterocycles. The van der Waals surface area contributed by atoms with Gasteiger partial charge in [-0.1, -0.05) is 19.1 Å². The number of aliphatic carboxylic acids is 1. The molecule has 80 valence electrons. The molecule has 0 bridgehead atoms. The van der Waals surface area contributed by atoms with E-state index in [1.807, 2.05) is 13.8 Å². The predicted octanol–water partition coefficient (Wildman–Crippen LogP) is 1.43. The average molecular weight is 200 g/mol. The van der Waals surface area contributed by atoms with Gasteiger partial charge in [-0.05, 0) is 12.3 Å². The normalized spacial score (nSPS) is 14.1. The smallest absolute Gasteiger partial charge is 0.306 e. The molecular formula is C8H16N4O2. The van der Waals surface area contributed by atoms with Gasteiger partial charge in [-0.2, -0.15) is 5.53 Å². The van der Waals surface area contributed by atoms with Gasteiger partial charge in [0.1, 0.15) is 5.84 Å². The first kappa shape index (κ1) is 12.5. The number of nitrogens with two attached hydrogens (primary N) is 1. The fourth-order valence-corrected chi connectivity index (χ4v) is 1.20. The second-order valence-corrected chi connectivity index (χ2v) is 3.56. The van der Waals surface area contributed by atoms with E-state index in [-0.39, 0.29) is 18.2 Å². The Morgan fingerprint density at radius 1 is 1.57 bits per heavy atom. The largest absolute Gasteiger partial charge is 0.481 e. The molecule has 6 heteroatoms. The van der Waals surface area contributed by atoms with Gasteiger partial charge >= 0.3 is 5.97 Å². The van der Waals surface area contributed by atoms with Crippen LogP contribution in [0.1, 0.15) is 26.7 Å². The summed E-state index contributed by atoms with van der Waals surface area (Å²) in [6.07, 6.45) is 0.694. The molecule has 0 saturated heterocycles. The van der Waals surface area contributed by atoms with Gasteiger partial charge in [0.15, 0.2) is 0 Å². The minimum atomic E-state index is -0.887. The second-order valence-electron chi connectivity index (χ2n) is 3.56. The van der Waals surface area contributed by atoms with Gasteiger partial charge in [0, 0.05) is 6.42 Å². The Bertz CT molecular complexity index is 237. The highest BCUT2D eigenvalue weighted by molar-refractivity contribution is 5.84. The van der Waals surface area contributed by atoms with Gasteiger partial charge in [0.2, 0.25) is 0 Å². The molecule has 4 N–H and O–H groups in total. The van der Waals surface area contributed by atoms with Crippen molar-refractivity contribution in [2.75, 3.05) is 0 Å². The molecule has 0 aromatic rings. The molecule has 0 spiro atoms. The predicted molar refractivity (Wildman–Crippen MR) is 52.0 cm³/mol. The molecule has 0 saturated carbocycles. The van der Waals surface area contributed by atoms with Crippen LogP contribution in [0.5, 0.6) is 0 Å². The number of rotatable bonds is 6. The van der Waals surface area contributed by atoms with E-state index in [2.05, 4.69) is 10.3 Å². The van der Waals surface area contributed by atoms with Crippen molar-refractivity contribution in [2.45, 2.75) is 26.7 Å². The zero-order valence-corrected chi connectivity index (χ0v) is 8.40. The summed E-state index contributed by atoms with van der Waals surface area (Å²) in [7, 11) is 0. The van der Waals surface area contributed by atoms with E-state index < -0.39 is 11.9 Å². The first-order valence-electron chi connectivity index (χ1n) is 4.39. The molecular weight excluding hydrogens is 184 g/mol. The molecule has 1 atom stereocenters. The molecule has 14 heavy (non-hydrogen) atoms. The van der Waals surface area contributed by atoms with Crippen LogP contribution in [0.2, 0.25) is 0 Å². The van der Waals surface area contributed by atoms with Crippen LogP contribution in [0, 0.1) is 17.4 Å². The maximum absolute atomic E-state index is 10.8. The highest BCUT2D eigenvalue weighted by atomic mass is 16.4. The Labute approximate surface area is 82.7 Å². The van der Waals surface area contributed by atoms with E-state index in [9.17, 15) is 4.79 Å². The van der Waals surface area contributed by atoms with Gasteiger partial charge in [-0.15, -0.1) is 5.10 Å². The van der Waals surface area contributed by atoms with Crippen molar-refractivity contribution < 1.29 is 9.90 Å². The maximum atomic E-state index is 10.8. The Balaban J connectivity index is 4.30. The lowest BCUT2D eigenvalue weighted by atomic mass is 9.94. The molecule has 0 rings (SSSR count). The molecule has 0 aromatic heterocycles. The second kappa shape index (κ2) is 6.06. The summed E-state index contributed by atoms with van der Waals surface area (Å²) < 4.78 is 0. The highest BCUT2D eigenvalue weighted by Gasteiger charge is 2.20. The van der Waals surface area contributed by atoms with E-state index in [0.717, 1.165) is 0 Å². The average Bonchev–Trinajstić information content (AvgIpc) is 2.02. The first-order valence-corrected chi connectivity index (χ1v) is 4.39. The SMILES string of the molecule is CC(C)CC(CC(N)=NN=N)C(=O)O. The van der Waals surface area contributed by atoms with Crippen LogP contribution in [0.3, 0.4) is 0 Å². The zero-order valence-electron chi connectivity index (χ0n) is 8.40. The van der Waals surface area contributed by atoms with Gasteiger partial charge in [0.05, 0.1) is 5.92 Å². The van der Waals surface area contributed by atoms with E-state index in [0.29, 0.717) is 6.42 Å². The Morgan fingerprint density at radius 3 is 2.50 bits per heavy atom. The summed E-state index contributed by atoms with van der Waals surface area (Å²) in [4.78, 5) is 10.8. The quantitative estimate of drug-likeness (QED) is 0.261. The van der Waals surface area contributed by atoms with E-state index in [4.69, 9.17) is 16.4 Å². The minimum Gasteiger partial charge on any atom is -0.481 e. The third kappa shape index (κ3) is 5.23. The number of nitrogens with zero attached hydrogens (tertiary/aromatic N) is 2. The fourth-order valence-electron chi connectivity index (χ4n) is 1.20. The van der Waals surface area contributed by atoms with Crippen molar-refractivity contribution >= 4 is 11.8 Å². The van der Waals surface area contributed by atoms with Gasteiger partial charge in [0.25, 0.3) is 0 Å². The molecule has 0 aromatic carbocycles. The Hall–Kier alpha value is -1.46. The number of carbonyl (C=O) groups is 1. The lowest BCUT2D eigenvalue weighted by Crippen LogP contribution is -2.23. The highest BCUT2D eigenvalue weighted by Crippen LogP contribution is 2.15. The summed E-state index contributed by atoms with van der Waals surface area (Å²) in [6.45, 7) is 3.89. The van der Waals surface area contributed by atoms with Crippen LogP contribution < -0.4 is 5.73 Å². The lowest BCUT2D eigenvalue weighted by Gasteiger charge is -2.13. The Kier molecular flexibility index (Phi) is 5.43.